The van der Waals surface area contributed by atoms with Crippen molar-refractivity contribution < 1.29 is 14.3 Å². The van der Waals surface area contributed by atoms with E-state index in [9.17, 15) is 14.9 Å². The molecule has 0 atom stereocenters. The van der Waals surface area contributed by atoms with E-state index >= 15 is 0 Å². The van der Waals surface area contributed by atoms with Crippen LogP contribution < -0.4 is 15.4 Å². The van der Waals surface area contributed by atoms with Crippen LogP contribution >= 0.6 is 0 Å². The van der Waals surface area contributed by atoms with E-state index in [-0.39, 0.29) is 18.1 Å². The SMILES string of the molecule is N#C/C(=C\c1ccc(OCC(=O)NCc2ccccc2)cc1)C(=O)NCc1ccccc1. The molecule has 0 bridgehead atoms. The third-order valence-electron chi connectivity index (χ3n) is 4.55. The van der Waals surface area contributed by atoms with Gasteiger partial charge < -0.3 is 15.4 Å². The second kappa shape index (κ2) is 11.7. The first-order chi connectivity index (χ1) is 15.6. The number of nitriles is 1. The number of nitrogens with zero attached hydrogens (tertiary/aromatic N) is 1. The fourth-order valence-corrected chi connectivity index (χ4v) is 2.85. The van der Waals surface area contributed by atoms with Crippen molar-refractivity contribution in [3.63, 3.8) is 0 Å². The van der Waals surface area contributed by atoms with Crippen molar-refractivity contribution in [2.45, 2.75) is 13.1 Å². The fourth-order valence-electron chi connectivity index (χ4n) is 2.85. The maximum absolute atomic E-state index is 12.3. The lowest BCUT2D eigenvalue weighted by Gasteiger charge is -2.08. The zero-order valence-electron chi connectivity index (χ0n) is 17.5. The highest BCUT2D eigenvalue weighted by Gasteiger charge is 2.09. The van der Waals surface area contributed by atoms with E-state index in [4.69, 9.17) is 4.74 Å². The summed E-state index contributed by atoms with van der Waals surface area (Å²) >= 11 is 0. The van der Waals surface area contributed by atoms with Gasteiger partial charge in [-0.1, -0.05) is 72.8 Å². The van der Waals surface area contributed by atoms with Gasteiger partial charge in [0, 0.05) is 13.1 Å². The van der Waals surface area contributed by atoms with Crippen molar-refractivity contribution in [3.05, 3.63) is 107 Å². The second-order valence-electron chi connectivity index (χ2n) is 6.96. The van der Waals surface area contributed by atoms with Crippen molar-refractivity contribution in [3.8, 4) is 11.8 Å². The lowest BCUT2D eigenvalue weighted by atomic mass is 10.1. The molecule has 6 heteroatoms. The summed E-state index contributed by atoms with van der Waals surface area (Å²) in [7, 11) is 0. The minimum absolute atomic E-state index is 0.00916. The van der Waals surface area contributed by atoms with Crippen molar-refractivity contribution in [2.75, 3.05) is 6.61 Å². The molecule has 0 fully saturated rings. The molecule has 2 N–H and O–H groups in total. The zero-order chi connectivity index (χ0) is 22.6. The number of hydrogen-bond donors (Lipinski definition) is 2. The van der Waals surface area contributed by atoms with E-state index in [1.165, 1.54) is 6.08 Å². The van der Waals surface area contributed by atoms with E-state index in [2.05, 4.69) is 10.6 Å². The Morgan fingerprint density at radius 2 is 1.38 bits per heavy atom. The summed E-state index contributed by atoms with van der Waals surface area (Å²) in [6, 6.07) is 27.8. The molecule has 0 aliphatic heterocycles. The highest BCUT2D eigenvalue weighted by atomic mass is 16.5. The summed E-state index contributed by atoms with van der Waals surface area (Å²) in [6.07, 6.45) is 1.51. The van der Waals surface area contributed by atoms with Crippen LogP contribution in [0.1, 0.15) is 16.7 Å². The molecule has 0 saturated heterocycles. The van der Waals surface area contributed by atoms with E-state index in [1.54, 1.807) is 24.3 Å². The third kappa shape index (κ3) is 7.15. The molecule has 0 radical (unpaired) electrons. The molecule has 2 amide bonds. The Balaban J connectivity index is 1.49. The predicted molar refractivity (Wildman–Crippen MR) is 122 cm³/mol. The van der Waals surface area contributed by atoms with Crippen LogP contribution in [0.15, 0.2) is 90.5 Å². The summed E-state index contributed by atoms with van der Waals surface area (Å²) in [5, 5.41) is 14.9. The van der Waals surface area contributed by atoms with Gasteiger partial charge in [0.05, 0.1) is 0 Å². The van der Waals surface area contributed by atoms with E-state index < -0.39 is 5.91 Å². The molecule has 0 aliphatic rings. The molecular formula is C26H23N3O3. The summed E-state index contributed by atoms with van der Waals surface area (Å²) in [5.41, 5.74) is 2.65. The van der Waals surface area contributed by atoms with Crippen LogP contribution in [-0.2, 0) is 22.7 Å². The van der Waals surface area contributed by atoms with Gasteiger partial charge in [-0.3, -0.25) is 9.59 Å². The molecule has 0 aliphatic carbocycles. The first-order valence-electron chi connectivity index (χ1n) is 10.1. The van der Waals surface area contributed by atoms with Gasteiger partial charge in [-0.05, 0) is 34.9 Å². The number of ether oxygens (including phenoxy) is 1. The third-order valence-corrected chi connectivity index (χ3v) is 4.55. The molecule has 3 rings (SSSR count). The monoisotopic (exact) mass is 425 g/mol. The maximum atomic E-state index is 12.3. The van der Waals surface area contributed by atoms with Crippen molar-refractivity contribution in [1.82, 2.24) is 10.6 Å². The van der Waals surface area contributed by atoms with Crippen LogP contribution in [0, 0.1) is 11.3 Å². The number of nitrogens with one attached hydrogen (secondary N) is 2. The number of carbonyl (C=O) groups excluding carboxylic acids is 2. The normalized spacial score (nSPS) is 10.7. The number of amides is 2. The molecule has 3 aromatic rings. The highest BCUT2D eigenvalue weighted by molar-refractivity contribution is 6.01. The summed E-state index contributed by atoms with van der Waals surface area (Å²) in [6.45, 7) is 0.682. The Kier molecular flexibility index (Phi) is 8.18. The molecule has 0 spiro atoms. The first kappa shape index (κ1) is 22.3. The van der Waals surface area contributed by atoms with Gasteiger partial charge in [0.15, 0.2) is 6.61 Å². The van der Waals surface area contributed by atoms with Crippen LogP contribution in [0.4, 0.5) is 0 Å². The summed E-state index contributed by atoms with van der Waals surface area (Å²) in [4.78, 5) is 24.2. The standard InChI is InChI=1S/C26H23N3O3/c27-16-23(26(31)29-18-22-9-5-2-6-10-22)15-20-11-13-24(14-12-20)32-19-25(30)28-17-21-7-3-1-4-8-21/h1-15H,17-19H2,(H,28,30)(H,29,31)/b23-15+. The van der Waals surface area contributed by atoms with Gasteiger partial charge in [0.1, 0.15) is 17.4 Å². The summed E-state index contributed by atoms with van der Waals surface area (Å²) < 4.78 is 5.50. The van der Waals surface area contributed by atoms with Crippen molar-refractivity contribution in [1.29, 1.82) is 5.26 Å². The van der Waals surface area contributed by atoms with Crippen molar-refractivity contribution >= 4 is 17.9 Å². The van der Waals surface area contributed by atoms with Crippen LogP contribution in [0.3, 0.4) is 0 Å². The van der Waals surface area contributed by atoms with Gasteiger partial charge in [0.25, 0.3) is 11.8 Å². The Labute approximate surface area is 187 Å². The molecule has 160 valence electrons. The van der Waals surface area contributed by atoms with Gasteiger partial charge in [-0.25, -0.2) is 0 Å². The van der Waals surface area contributed by atoms with E-state index in [0.717, 1.165) is 11.1 Å². The summed E-state index contributed by atoms with van der Waals surface area (Å²) in [5.74, 6) is -0.143. The number of rotatable bonds is 9. The number of hydrogen-bond acceptors (Lipinski definition) is 4. The Morgan fingerprint density at radius 1 is 0.812 bits per heavy atom. The van der Waals surface area contributed by atoms with Crippen LogP contribution in [0.5, 0.6) is 5.75 Å². The fraction of sp³-hybridized carbons (Fsp3) is 0.115. The second-order valence-corrected chi connectivity index (χ2v) is 6.96. The number of carbonyl (C=O) groups is 2. The van der Waals surface area contributed by atoms with Crippen molar-refractivity contribution in [2.24, 2.45) is 0 Å². The molecule has 0 aromatic heterocycles. The quantitative estimate of drug-likeness (QED) is 0.405. The van der Waals surface area contributed by atoms with E-state index in [1.807, 2.05) is 66.7 Å². The van der Waals surface area contributed by atoms with Crippen LogP contribution in [-0.4, -0.2) is 18.4 Å². The predicted octanol–water partition coefficient (Wildman–Crippen LogP) is 3.61. The molecule has 0 heterocycles. The minimum Gasteiger partial charge on any atom is -0.484 e. The van der Waals surface area contributed by atoms with Gasteiger partial charge in [0.2, 0.25) is 0 Å². The molecule has 32 heavy (non-hydrogen) atoms. The zero-order valence-corrected chi connectivity index (χ0v) is 17.5. The lowest BCUT2D eigenvalue weighted by molar-refractivity contribution is -0.123. The van der Waals surface area contributed by atoms with Gasteiger partial charge >= 0.3 is 0 Å². The first-order valence-corrected chi connectivity index (χ1v) is 10.1. The lowest BCUT2D eigenvalue weighted by Crippen LogP contribution is -2.28. The molecule has 6 nitrogen and oxygen atoms in total. The van der Waals surface area contributed by atoms with Crippen LogP contribution in [0.2, 0.25) is 0 Å². The Morgan fingerprint density at radius 3 is 1.94 bits per heavy atom. The van der Waals surface area contributed by atoms with Gasteiger partial charge in [-0.2, -0.15) is 5.26 Å². The maximum Gasteiger partial charge on any atom is 0.262 e. The topological polar surface area (TPSA) is 91.2 Å². The smallest absolute Gasteiger partial charge is 0.262 e. The molecule has 3 aromatic carbocycles. The minimum atomic E-state index is -0.438. The molecule has 0 saturated carbocycles. The largest absolute Gasteiger partial charge is 0.484 e. The molecular weight excluding hydrogens is 402 g/mol. The van der Waals surface area contributed by atoms with Gasteiger partial charge in [-0.15, -0.1) is 0 Å². The van der Waals surface area contributed by atoms with Crippen LogP contribution in [0.25, 0.3) is 6.08 Å². The number of benzene rings is 3. The Bertz CT molecular complexity index is 1100. The van der Waals surface area contributed by atoms with E-state index in [0.29, 0.717) is 24.4 Å². The highest BCUT2D eigenvalue weighted by Crippen LogP contribution is 2.15. The Hall–Kier alpha value is -4.37. The average Bonchev–Trinajstić information content (AvgIpc) is 2.85. The molecule has 0 unspecified atom stereocenters. The average molecular weight is 425 g/mol.